The zero-order valence-corrected chi connectivity index (χ0v) is 11.7. The first-order chi connectivity index (χ1) is 8.11. The molecule has 1 aromatic rings. The Balaban J connectivity index is 2.43. The van der Waals surface area contributed by atoms with Crippen LogP contribution in [0.4, 0.5) is 0 Å². The molecule has 1 rings (SSSR count). The second kappa shape index (κ2) is 7.50. The van der Waals surface area contributed by atoms with Gasteiger partial charge in [0.05, 0.1) is 0 Å². The zero-order valence-electron chi connectivity index (χ0n) is 11.7. The third-order valence-electron chi connectivity index (χ3n) is 3.16. The van der Waals surface area contributed by atoms with E-state index in [0.717, 1.165) is 12.3 Å². The Labute approximate surface area is 107 Å². The summed E-state index contributed by atoms with van der Waals surface area (Å²) in [5, 5.41) is 3.75. The topological polar surface area (TPSA) is 12.0 Å². The number of nitrogens with one attached hydrogen (secondary N) is 1. The molecule has 0 amide bonds. The highest BCUT2D eigenvalue weighted by Crippen LogP contribution is 2.09. The highest BCUT2D eigenvalue weighted by atomic mass is 14.9. The minimum Gasteiger partial charge on any atom is -0.311 e. The van der Waals surface area contributed by atoms with Gasteiger partial charge in [0, 0.05) is 12.1 Å². The molecular weight excluding hydrogens is 206 g/mol. The number of rotatable bonds is 7. The van der Waals surface area contributed by atoms with Gasteiger partial charge in [0.2, 0.25) is 0 Å². The summed E-state index contributed by atoms with van der Waals surface area (Å²) in [6, 6.07) is 12.0. The fourth-order valence-corrected chi connectivity index (χ4v) is 2.40. The molecular formula is C16H27N. The molecule has 2 atom stereocenters. The quantitative estimate of drug-likeness (QED) is 0.749. The predicted octanol–water partition coefficient (Wildman–Crippen LogP) is 4.03. The van der Waals surface area contributed by atoms with Crippen LogP contribution in [0.5, 0.6) is 0 Å². The van der Waals surface area contributed by atoms with Crippen LogP contribution < -0.4 is 5.32 Å². The van der Waals surface area contributed by atoms with E-state index < -0.39 is 0 Å². The van der Waals surface area contributed by atoms with Crippen molar-refractivity contribution in [1.82, 2.24) is 5.32 Å². The summed E-state index contributed by atoms with van der Waals surface area (Å²) < 4.78 is 0. The Morgan fingerprint density at radius 2 is 1.71 bits per heavy atom. The summed E-state index contributed by atoms with van der Waals surface area (Å²) >= 11 is 0. The van der Waals surface area contributed by atoms with E-state index in [9.17, 15) is 0 Å². The SMILES string of the molecule is CCC(Cc1ccccc1)NC(C)CC(C)C. The van der Waals surface area contributed by atoms with Crippen molar-refractivity contribution < 1.29 is 0 Å². The lowest BCUT2D eigenvalue weighted by Gasteiger charge is -2.23. The van der Waals surface area contributed by atoms with Crippen LogP contribution in [0.2, 0.25) is 0 Å². The Hall–Kier alpha value is -0.820. The lowest BCUT2D eigenvalue weighted by Crippen LogP contribution is -2.38. The van der Waals surface area contributed by atoms with E-state index >= 15 is 0 Å². The van der Waals surface area contributed by atoms with E-state index in [4.69, 9.17) is 0 Å². The molecule has 0 saturated carbocycles. The average Bonchev–Trinajstić information content (AvgIpc) is 2.28. The van der Waals surface area contributed by atoms with Gasteiger partial charge in [-0.15, -0.1) is 0 Å². The largest absolute Gasteiger partial charge is 0.311 e. The van der Waals surface area contributed by atoms with Gasteiger partial charge in [-0.05, 0) is 37.7 Å². The summed E-state index contributed by atoms with van der Waals surface area (Å²) in [6.07, 6.45) is 3.59. The van der Waals surface area contributed by atoms with Crippen LogP contribution in [0.3, 0.4) is 0 Å². The summed E-state index contributed by atoms with van der Waals surface area (Å²) in [5.74, 6) is 0.770. The summed E-state index contributed by atoms with van der Waals surface area (Å²) in [4.78, 5) is 0. The molecule has 0 aliphatic carbocycles. The van der Waals surface area contributed by atoms with Crippen LogP contribution in [0, 0.1) is 5.92 Å². The van der Waals surface area contributed by atoms with Gasteiger partial charge < -0.3 is 5.32 Å². The van der Waals surface area contributed by atoms with Crippen molar-refractivity contribution in [2.75, 3.05) is 0 Å². The molecule has 1 aromatic carbocycles. The van der Waals surface area contributed by atoms with Crippen molar-refractivity contribution in [3.63, 3.8) is 0 Å². The molecule has 0 radical (unpaired) electrons. The van der Waals surface area contributed by atoms with Crippen LogP contribution in [0.1, 0.15) is 46.1 Å². The zero-order chi connectivity index (χ0) is 12.7. The predicted molar refractivity (Wildman–Crippen MR) is 76.3 cm³/mol. The van der Waals surface area contributed by atoms with Crippen molar-refractivity contribution in [3.05, 3.63) is 35.9 Å². The van der Waals surface area contributed by atoms with E-state index in [2.05, 4.69) is 63.3 Å². The molecule has 0 heterocycles. The van der Waals surface area contributed by atoms with E-state index in [1.807, 2.05) is 0 Å². The van der Waals surface area contributed by atoms with E-state index in [0.29, 0.717) is 12.1 Å². The lowest BCUT2D eigenvalue weighted by molar-refractivity contribution is 0.380. The monoisotopic (exact) mass is 233 g/mol. The Morgan fingerprint density at radius 1 is 1.06 bits per heavy atom. The molecule has 2 unspecified atom stereocenters. The molecule has 0 aliphatic rings. The standard InChI is InChI=1S/C16H27N/c1-5-16(17-14(4)11-13(2)3)12-15-9-7-6-8-10-15/h6-10,13-14,16-17H,5,11-12H2,1-4H3. The summed E-state index contributed by atoms with van der Waals surface area (Å²) in [5.41, 5.74) is 1.43. The van der Waals surface area contributed by atoms with E-state index in [1.54, 1.807) is 0 Å². The average molecular weight is 233 g/mol. The molecule has 0 saturated heterocycles. The van der Waals surface area contributed by atoms with Gasteiger partial charge in [0.25, 0.3) is 0 Å². The van der Waals surface area contributed by atoms with Gasteiger partial charge in [-0.2, -0.15) is 0 Å². The maximum Gasteiger partial charge on any atom is 0.0107 e. The van der Waals surface area contributed by atoms with Gasteiger partial charge in [-0.25, -0.2) is 0 Å². The third-order valence-corrected chi connectivity index (χ3v) is 3.16. The maximum atomic E-state index is 3.75. The third kappa shape index (κ3) is 5.88. The molecule has 1 N–H and O–H groups in total. The van der Waals surface area contributed by atoms with Crippen molar-refractivity contribution in [1.29, 1.82) is 0 Å². The fraction of sp³-hybridized carbons (Fsp3) is 0.625. The molecule has 96 valence electrons. The van der Waals surface area contributed by atoms with E-state index in [-0.39, 0.29) is 0 Å². The van der Waals surface area contributed by atoms with Crippen molar-refractivity contribution >= 4 is 0 Å². The maximum absolute atomic E-state index is 3.75. The highest BCUT2D eigenvalue weighted by Gasteiger charge is 2.11. The van der Waals surface area contributed by atoms with Gasteiger partial charge >= 0.3 is 0 Å². The molecule has 0 aliphatic heterocycles. The normalized spacial score (nSPS) is 14.9. The van der Waals surface area contributed by atoms with Gasteiger partial charge in [0.1, 0.15) is 0 Å². The fourth-order valence-electron chi connectivity index (χ4n) is 2.40. The molecule has 0 bridgehead atoms. The summed E-state index contributed by atoms with van der Waals surface area (Å²) in [7, 11) is 0. The molecule has 0 spiro atoms. The van der Waals surface area contributed by atoms with Crippen LogP contribution in [0.25, 0.3) is 0 Å². The molecule has 0 fully saturated rings. The van der Waals surface area contributed by atoms with Crippen molar-refractivity contribution in [2.24, 2.45) is 5.92 Å². The highest BCUT2D eigenvalue weighted by molar-refractivity contribution is 5.15. The second-order valence-electron chi connectivity index (χ2n) is 5.49. The minimum absolute atomic E-state index is 0.603. The van der Waals surface area contributed by atoms with Crippen LogP contribution in [-0.2, 0) is 6.42 Å². The van der Waals surface area contributed by atoms with Crippen LogP contribution >= 0.6 is 0 Å². The number of hydrogen-bond donors (Lipinski definition) is 1. The van der Waals surface area contributed by atoms with E-state index in [1.165, 1.54) is 18.4 Å². The Bertz CT molecular complexity index is 292. The Kier molecular flexibility index (Phi) is 6.28. The minimum atomic E-state index is 0.603. The van der Waals surface area contributed by atoms with Gasteiger partial charge in [-0.3, -0.25) is 0 Å². The smallest absolute Gasteiger partial charge is 0.0107 e. The lowest BCUT2D eigenvalue weighted by atomic mass is 10.0. The molecule has 1 heteroatoms. The number of hydrogen-bond acceptors (Lipinski definition) is 1. The van der Waals surface area contributed by atoms with Crippen LogP contribution in [0.15, 0.2) is 30.3 Å². The van der Waals surface area contributed by atoms with Gasteiger partial charge in [-0.1, -0.05) is 51.1 Å². The first-order valence-corrected chi connectivity index (χ1v) is 6.91. The molecule has 17 heavy (non-hydrogen) atoms. The van der Waals surface area contributed by atoms with Crippen molar-refractivity contribution in [2.45, 2.75) is 59.0 Å². The van der Waals surface area contributed by atoms with Crippen molar-refractivity contribution in [3.8, 4) is 0 Å². The number of benzene rings is 1. The van der Waals surface area contributed by atoms with Crippen LogP contribution in [-0.4, -0.2) is 12.1 Å². The Morgan fingerprint density at radius 3 is 2.24 bits per heavy atom. The molecule has 0 aromatic heterocycles. The first kappa shape index (κ1) is 14.2. The summed E-state index contributed by atoms with van der Waals surface area (Å²) in [6.45, 7) is 9.14. The second-order valence-corrected chi connectivity index (χ2v) is 5.49. The molecule has 1 nitrogen and oxygen atoms in total. The first-order valence-electron chi connectivity index (χ1n) is 6.91. The van der Waals surface area contributed by atoms with Gasteiger partial charge in [0.15, 0.2) is 0 Å².